The fourth-order valence-corrected chi connectivity index (χ4v) is 4.16. The van der Waals surface area contributed by atoms with Gasteiger partial charge in [-0.05, 0) is 41.3 Å². The van der Waals surface area contributed by atoms with E-state index in [1.807, 2.05) is 42.5 Å². The van der Waals surface area contributed by atoms with Gasteiger partial charge < -0.3 is 19.8 Å². The summed E-state index contributed by atoms with van der Waals surface area (Å²) in [4.78, 5) is 5.89. The van der Waals surface area contributed by atoms with Gasteiger partial charge in [-0.25, -0.2) is 4.98 Å². The molecule has 8 heteroatoms. The number of halogens is 3. The molecule has 0 aliphatic carbocycles. The van der Waals surface area contributed by atoms with Crippen molar-refractivity contribution < 1.29 is 28.1 Å². The van der Waals surface area contributed by atoms with Gasteiger partial charge in [-0.3, -0.25) is 0 Å². The normalized spacial score (nSPS) is 16.3. The third kappa shape index (κ3) is 5.29. The molecule has 1 aromatic heterocycles. The number of pyridine rings is 1. The summed E-state index contributed by atoms with van der Waals surface area (Å²) in [7, 11) is 0. The predicted octanol–water partition coefficient (Wildman–Crippen LogP) is 4.45. The van der Waals surface area contributed by atoms with Crippen molar-refractivity contribution in [1.82, 2.24) is 4.98 Å². The van der Waals surface area contributed by atoms with E-state index in [0.717, 1.165) is 40.2 Å². The van der Waals surface area contributed by atoms with E-state index in [1.54, 1.807) is 0 Å². The number of aliphatic hydroxyl groups excluding tert-OH is 2. The van der Waals surface area contributed by atoms with Gasteiger partial charge in [0.15, 0.2) is 0 Å². The summed E-state index contributed by atoms with van der Waals surface area (Å²) in [5.74, 6) is 0.160. The molecular formula is C25H25F3N2O3. The lowest BCUT2D eigenvalue weighted by molar-refractivity contribution is -0.137. The second kappa shape index (κ2) is 9.80. The van der Waals surface area contributed by atoms with Crippen molar-refractivity contribution >= 4 is 5.69 Å². The fraction of sp³-hybridized carbons (Fsp3) is 0.320. The molecule has 1 aliphatic heterocycles. The predicted molar refractivity (Wildman–Crippen MR) is 119 cm³/mol. The van der Waals surface area contributed by atoms with Crippen molar-refractivity contribution in [1.29, 1.82) is 0 Å². The van der Waals surface area contributed by atoms with Crippen LogP contribution in [0.5, 0.6) is 5.88 Å². The van der Waals surface area contributed by atoms with Crippen LogP contribution >= 0.6 is 0 Å². The molecular weight excluding hydrogens is 433 g/mol. The second-order valence-corrected chi connectivity index (χ2v) is 7.99. The van der Waals surface area contributed by atoms with Crippen LogP contribution in [0, 0.1) is 0 Å². The molecule has 0 saturated carbocycles. The Hall–Kier alpha value is -3.10. The van der Waals surface area contributed by atoms with Gasteiger partial charge in [0.25, 0.3) is 0 Å². The maximum atomic E-state index is 12.7. The van der Waals surface area contributed by atoms with Crippen LogP contribution in [0.2, 0.25) is 0 Å². The zero-order valence-corrected chi connectivity index (χ0v) is 17.9. The topological polar surface area (TPSA) is 65.8 Å². The lowest BCUT2D eigenvalue weighted by Gasteiger charge is -2.22. The van der Waals surface area contributed by atoms with Gasteiger partial charge in [0.2, 0.25) is 5.88 Å². The van der Waals surface area contributed by atoms with Crippen LogP contribution in [-0.2, 0) is 19.2 Å². The van der Waals surface area contributed by atoms with E-state index in [2.05, 4.69) is 9.88 Å². The third-order valence-electron chi connectivity index (χ3n) is 5.80. The van der Waals surface area contributed by atoms with Crippen molar-refractivity contribution in [3.63, 3.8) is 0 Å². The maximum Gasteiger partial charge on any atom is 0.417 e. The van der Waals surface area contributed by atoms with Crippen molar-refractivity contribution in [2.24, 2.45) is 0 Å². The number of rotatable bonds is 7. The molecule has 0 bridgehead atoms. The number of anilines is 1. The summed E-state index contributed by atoms with van der Waals surface area (Å²) >= 11 is 0. The van der Waals surface area contributed by atoms with E-state index in [1.165, 1.54) is 6.07 Å². The molecule has 1 aliphatic rings. The first-order chi connectivity index (χ1) is 15.9. The van der Waals surface area contributed by atoms with Crippen LogP contribution in [0.25, 0.3) is 11.1 Å². The molecule has 5 nitrogen and oxygen atoms in total. The number of benzene rings is 2. The molecule has 0 amide bonds. The van der Waals surface area contributed by atoms with E-state index in [9.17, 15) is 23.4 Å². The highest BCUT2D eigenvalue weighted by atomic mass is 19.4. The minimum Gasteiger partial charge on any atom is -0.472 e. The molecule has 174 valence electrons. The minimum atomic E-state index is -4.43. The number of aromatic nitrogens is 1. The van der Waals surface area contributed by atoms with Crippen molar-refractivity contribution in [2.75, 3.05) is 24.6 Å². The Balaban J connectivity index is 1.48. The highest BCUT2D eigenvalue weighted by Crippen LogP contribution is 2.33. The van der Waals surface area contributed by atoms with E-state index in [-0.39, 0.29) is 25.2 Å². The zero-order chi connectivity index (χ0) is 23.4. The Morgan fingerprint density at radius 2 is 1.85 bits per heavy atom. The number of hydrogen-bond donors (Lipinski definition) is 2. The summed E-state index contributed by atoms with van der Waals surface area (Å²) in [6.07, 6.45) is -2.63. The Morgan fingerprint density at radius 3 is 2.55 bits per heavy atom. The first kappa shape index (κ1) is 23.1. The molecule has 2 aromatic carbocycles. The Bertz CT molecular complexity index is 1090. The summed E-state index contributed by atoms with van der Waals surface area (Å²) < 4.78 is 43.9. The first-order valence-electron chi connectivity index (χ1n) is 10.8. The highest BCUT2D eigenvalue weighted by Gasteiger charge is 2.31. The molecule has 1 saturated heterocycles. The first-order valence-corrected chi connectivity index (χ1v) is 10.8. The number of hydrogen-bond acceptors (Lipinski definition) is 5. The molecule has 2 N–H and O–H groups in total. The van der Waals surface area contributed by atoms with Crippen molar-refractivity contribution in [3.05, 3.63) is 77.5 Å². The van der Waals surface area contributed by atoms with Crippen LogP contribution in [0.4, 0.5) is 18.9 Å². The molecule has 1 fully saturated rings. The van der Waals surface area contributed by atoms with Gasteiger partial charge in [-0.1, -0.05) is 30.3 Å². The number of nitrogens with zero attached hydrogens (tertiary/aromatic N) is 2. The molecule has 1 atom stereocenters. The van der Waals surface area contributed by atoms with Gasteiger partial charge in [0.1, 0.15) is 6.10 Å². The standard InChI is InChI=1S/C25H25F3N2O3/c26-25(27,28)20-6-8-24(29-14-20)33-21-9-11-30(15-21)23-7-5-18(13-19(23)16-32)22-4-2-1-3-17(22)10-12-31/h1-8,13-14,21,31-32H,9-12,15-16H2/t21-/m0/s1. The van der Waals surface area contributed by atoms with Crippen molar-refractivity contribution in [3.8, 4) is 17.0 Å². The van der Waals surface area contributed by atoms with Crippen LogP contribution in [0.3, 0.4) is 0 Å². The summed E-state index contributed by atoms with van der Waals surface area (Å²) in [6.45, 7) is 1.16. The number of aliphatic hydroxyl groups is 2. The number of alkyl halides is 3. The maximum absolute atomic E-state index is 12.7. The van der Waals surface area contributed by atoms with Crippen LogP contribution in [0.1, 0.15) is 23.1 Å². The summed E-state index contributed by atoms with van der Waals surface area (Å²) in [5, 5.41) is 19.4. The molecule has 4 rings (SSSR count). The SMILES string of the molecule is OCCc1ccccc1-c1ccc(N2CC[C@H](Oc3ccc(C(F)(F)F)cn3)C2)c(CO)c1. The third-order valence-corrected chi connectivity index (χ3v) is 5.80. The van der Waals surface area contributed by atoms with E-state index in [0.29, 0.717) is 25.9 Å². The molecule has 3 aromatic rings. The average molecular weight is 458 g/mol. The number of ether oxygens (including phenoxy) is 1. The zero-order valence-electron chi connectivity index (χ0n) is 17.9. The smallest absolute Gasteiger partial charge is 0.417 e. The van der Waals surface area contributed by atoms with Gasteiger partial charge in [-0.15, -0.1) is 0 Å². The monoisotopic (exact) mass is 458 g/mol. The lowest BCUT2D eigenvalue weighted by atomic mass is 9.96. The molecule has 0 unspecified atom stereocenters. The fourth-order valence-electron chi connectivity index (χ4n) is 4.16. The van der Waals surface area contributed by atoms with E-state index < -0.39 is 11.7 Å². The van der Waals surface area contributed by atoms with Gasteiger partial charge in [0, 0.05) is 43.1 Å². The average Bonchev–Trinajstić information content (AvgIpc) is 3.27. The van der Waals surface area contributed by atoms with Gasteiger partial charge in [0.05, 0.1) is 18.7 Å². The Kier molecular flexibility index (Phi) is 6.85. The van der Waals surface area contributed by atoms with E-state index in [4.69, 9.17) is 4.74 Å². The van der Waals surface area contributed by atoms with Gasteiger partial charge in [-0.2, -0.15) is 13.2 Å². The summed E-state index contributed by atoms with van der Waals surface area (Å²) in [5.41, 5.74) is 3.88. The molecule has 0 radical (unpaired) electrons. The lowest BCUT2D eigenvalue weighted by Crippen LogP contribution is -2.25. The van der Waals surface area contributed by atoms with Crippen LogP contribution in [0.15, 0.2) is 60.8 Å². The van der Waals surface area contributed by atoms with E-state index >= 15 is 0 Å². The quantitative estimate of drug-likeness (QED) is 0.548. The van der Waals surface area contributed by atoms with Crippen molar-refractivity contribution in [2.45, 2.75) is 31.7 Å². The molecule has 0 spiro atoms. The van der Waals surface area contributed by atoms with Gasteiger partial charge >= 0.3 is 6.18 Å². The Morgan fingerprint density at radius 1 is 1.03 bits per heavy atom. The summed E-state index contributed by atoms with van der Waals surface area (Å²) in [6, 6.07) is 16.0. The second-order valence-electron chi connectivity index (χ2n) is 7.99. The molecule has 2 heterocycles. The largest absolute Gasteiger partial charge is 0.472 e. The Labute approximate surface area is 190 Å². The highest BCUT2D eigenvalue weighted by molar-refractivity contribution is 5.72. The van der Waals surface area contributed by atoms with Crippen LogP contribution < -0.4 is 9.64 Å². The molecule has 33 heavy (non-hydrogen) atoms. The van der Waals surface area contributed by atoms with Crippen LogP contribution in [-0.4, -0.2) is 41.0 Å². The minimum absolute atomic E-state index is 0.0604.